The molecule has 1 aliphatic rings. The van der Waals surface area contributed by atoms with E-state index in [1.807, 2.05) is 0 Å². The van der Waals surface area contributed by atoms with E-state index in [0.29, 0.717) is 0 Å². The molecule has 0 atom stereocenters. The molecule has 0 bridgehead atoms. The molecule has 0 aromatic heterocycles. The van der Waals surface area contributed by atoms with Crippen molar-refractivity contribution in [3.63, 3.8) is 0 Å². The van der Waals surface area contributed by atoms with Crippen LogP contribution in [0.4, 0.5) is 14.9 Å². The van der Waals surface area contributed by atoms with Crippen molar-refractivity contribution >= 4 is 17.7 Å². The standard InChI is InChI=1S/C13H15FN2O3/c14-10-6-5-8(12(17)18)7-11(10)16-13(19)15-9-3-1-2-4-9/h5-7,9H,1-4H2,(H,17,18)(H2,15,16,19). The molecule has 102 valence electrons. The number of benzene rings is 1. The molecule has 0 radical (unpaired) electrons. The number of amides is 2. The van der Waals surface area contributed by atoms with Crippen LogP contribution in [0.15, 0.2) is 18.2 Å². The number of carboxylic acid groups (broad SMARTS) is 1. The number of urea groups is 1. The van der Waals surface area contributed by atoms with Crippen LogP contribution >= 0.6 is 0 Å². The molecule has 0 saturated heterocycles. The van der Waals surface area contributed by atoms with Gasteiger partial charge in [0, 0.05) is 6.04 Å². The Labute approximate surface area is 109 Å². The van der Waals surface area contributed by atoms with Crippen LogP contribution < -0.4 is 10.6 Å². The van der Waals surface area contributed by atoms with Gasteiger partial charge >= 0.3 is 12.0 Å². The normalized spacial score (nSPS) is 15.2. The van der Waals surface area contributed by atoms with E-state index in [1.165, 1.54) is 0 Å². The van der Waals surface area contributed by atoms with Crippen LogP contribution in [0.1, 0.15) is 36.0 Å². The zero-order valence-corrected chi connectivity index (χ0v) is 10.3. The molecule has 6 heteroatoms. The molecule has 0 aliphatic heterocycles. The van der Waals surface area contributed by atoms with Gasteiger partial charge < -0.3 is 15.7 Å². The van der Waals surface area contributed by atoms with Crippen LogP contribution in [-0.4, -0.2) is 23.1 Å². The number of hydrogen-bond donors (Lipinski definition) is 3. The Morgan fingerprint density at radius 2 is 1.95 bits per heavy atom. The minimum absolute atomic E-state index is 0.0717. The van der Waals surface area contributed by atoms with Gasteiger partial charge in [0.2, 0.25) is 0 Å². The number of nitrogens with one attached hydrogen (secondary N) is 2. The van der Waals surface area contributed by atoms with Crippen molar-refractivity contribution < 1.29 is 19.1 Å². The largest absolute Gasteiger partial charge is 0.478 e. The van der Waals surface area contributed by atoms with Gasteiger partial charge in [-0.15, -0.1) is 0 Å². The van der Waals surface area contributed by atoms with Crippen LogP contribution in [0.2, 0.25) is 0 Å². The lowest BCUT2D eigenvalue weighted by atomic mass is 10.2. The summed E-state index contributed by atoms with van der Waals surface area (Å²) in [6.07, 6.45) is 4.00. The average Bonchev–Trinajstić information content (AvgIpc) is 2.84. The highest BCUT2D eigenvalue weighted by atomic mass is 19.1. The van der Waals surface area contributed by atoms with Gasteiger partial charge in [0.1, 0.15) is 5.82 Å². The molecule has 5 nitrogen and oxygen atoms in total. The molecule has 3 N–H and O–H groups in total. The maximum atomic E-state index is 13.5. The van der Waals surface area contributed by atoms with Gasteiger partial charge in [0.15, 0.2) is 0 Å². The van der Waals surface area contributed by atoms with Crippen molar-refractivity contribution in [2.75, 3.05) is 5.32 Å². The number of hydrogen-bond acceptors (Lipinski definition) is 2. The molecule has 2 rings (SSSR count). The Balaban J connectivity index is 2.02. The monoisotopic (exact) mass is 266 g/mol. The summed E-state index contributed by atoms with van der Waals surface area (Å²) < 4.78 is 13.5. The predicted molar refractivity (Wildman–Crippen MR) is 67.8 cm³/mol. The fourth-order valence-corrected chi connectivity index (χ4v) is 2.17. The summed E-state index contributed by atoms with van der Waals surface area (Å²) >= 11 is 0. The van der Waals surface area contributed by atoms with E-state index >= 15 is 0 Å². The molecule has 1 fully saturated rings. The second kappa shape index (κ2) is 5.69. The zero-order valence-electron chi connectivity index (χ0n) is 10.3. The van der Waals surface area contributed by atoms with Crippen molar-refractivity contribution in [2.24, 2.45) is 0 Å². The summed E-state index contributed by atoms with van der Waals surface area (Å²) in [6.45, 7) is 0. The summed E-state index contributed by atoms with van der Waals surface area (Å²) in [4.78, 5) is 22.4. The second-order valence-corrected chi connectivity index (χ2v) is 4.58. The molecule has 2 amide bonds. The Hall–Kier alpha value is -2.11. The SMILES string of the molecule is O=C(Nc1cc(C(=O)O)ccc1F)NC1CCCC1. The maximum Gasteiger partial charge on any atom is 0.335 e. The fraction of sp³-hybridized carbons (Fsp3) is 0.385. The molecule has 1 aliphatic carbocycles. The molecule has 0 heterocycles. The third-order valence-electron chi connectivity index (χ3n) is 3.15. The highest BCUT2D eigenvalue weighted by Gasteiger charge is 2.18. The highest BCUT2D eigenvalue weighted by Crippen LogP contribution is 2.19. The Morgan fingerprint density at radius 1 is 1.26 bits per heavy atom. The van der Waals surface area contributed by atoms with Crippen LogP contribution in [0, 0.1) is 5.82 Å². The summed E-state index contributed by atoms with van der Waals surface area (Å²) in [5, 5.41) is 13.9. The highest BCUT2D eigenvalue weighted by molar-refractivity contribution is 5.93. The first-order valence-corrected chi connectivity index (χ1v) is 6.16. The van der Waals surface area contributed by atoms with Crippen molar-refractivity contribution in [2.45, 2.75) is 31.7 Å². The fourth-order valence-electron chi connectivity index (χ4n) is 2.17. The predicted octanol–water partition coefficient (Wildman–Crippen LogP) is 2.59. The van der Waals surface area contributed by atoms with Crippen molar-refractivity contribution in [1.82, 2.24) is 5.32 Å². The maximum absolute atomic E-state index is 13.5. The summed E-state index contributed by atoms with van der Waals surface area (Å²) in [6, 6.07) is 2.89. The van der Waals surface area contributed by atoms with Crippen molar-refractivity contribution in [3.05, 3.63) is 29.6 Å². The minimum Gasteiger partial charge on any atom is -0.478 e. The average molecular weight is 266 g/mol. The lowest BCUT2D eigenvalue weighted by molar-refractivity contribution is 0.0697. The number of aromatic carboxylic acids is 1. The first kappa shape index (κ1) is 13.3. The first-order chi connectivity index (χ1) is 9.06. The number of carbonyl (C=O) groups excluding carboxylic acids is 1. The van der Waals surface area contributed by atoms with E-state index in [-0.39, 0.29) is 17.3 Å². The molecule has 1 aromatic rings. The van der Waals surface area contributed by atoms with Crippen LogP contribution in [0.25, 0.3) is 0 Å². The molecule has 0 spiro atoms. The van der Waals surface area contributed by atoms with E-state index in [2.05, 4.69) is 10.6 Å². The molecule has 19 heavy (non-hydrogen) atoms. The lowest BCUT2D eigenvalue weighted by Crippen LogP contribution is -2.36. The molecule has 1 saturated carbocycles. The third kappa shape index (κ3) is 3.43. The first-order valence-electron chi connectivity index (χ1n) is 6.16. The van der Waals surface area contributed by atoms with Gasteiger partial charge in [-0.1, -0.05) is 12.8 Å². The van der Waals surface area contributed by atoms with Gasteiger partial charge in [-0.25, -0.2) is 14.0 Å². The van der Waals surface area contributed by atoms with Crippen LogP contribution in [0.3, 0.4) is 0 Å². The smallest absolute Gasteiger partial charge is 0.335 e. The van der Waals surface area contributed by atoms with Crippen molar-refractivity contribution in [3.8, 4) is 0 Å². The number of carbonyl (C=O) groups is 2. The van der Waals surface area contributed by atoms with Crippen LogP contribution in [-0.2, 0) is 0 Å². The van der Waals surface area contributed by atoms with Gasteiger partial charge in [-0.2, -0.15) is 0 Å². The summed E-state index contributed by atoms with van der Waals surface area (Å²) in [7, 11) is 0. The number of carboxylic acids is 1. The van der Waals surface area contributed by atoms with Gasteiger partial charge in [0.25, 0.3) is 0 Å². The van der Waals surface area contributed by atoms with E-state index in [0.717, 1.165) is 43.9 Å². The molecular weight excluding hydrogens is 251 g/mol. The van der Waals surface area contributed by atoms with E-state index in [9.17, 15) is 14.0 Å². The van der Waals surface area contributed by atoms with E-state index < -0.39 is 17.8 Å². The summed E-state index contributed by atoms with van der Waals surface area (Å²) in [5.41, 5.74) is -0.201. The molecular formula is C13H15FN2O3. The Morgan fingerprint density at radius 3 is 2.58 bits per heavy atom. The quantitative estimate of drug-likeness (QED) is 0.786. The second-order valence-electron chi connectivity index (χ2n) is 4.58. The minimum atomic E-state index is -1.17. The van der Waals surface area contributed by atoms with E-state index in [4.69, 9.17) is 5.11 Å². The molecule has 1 aromatic carbocycles. The number of halogens is 1. The van der Waals surface area contributed by atoms with Crippen LogP contribution in [0.5, 0.6) is 0 Å². The topological polar surface area (TPSA) is 78.4 Å². The van der Waals surface area contributed by atoms with Gasteiger partial charge in [0.05, 0.1) is 11.3 Å². The van der Waals surface area contributed by atoms with E-state index in [1.54, 1.807) is 0 Å². The zero-order chi connectivity index (χ0) is 13.8. The Kier molecular flexibility index (Phi) is 3.99. The van der Waals surface area contributed by atoms with Gasteiger partial charge in [-0.05, 0) is 31.0 Å². The molecule has 0 unspecified atom stereocenters. The summed E-state index contributed by atoms with van der Waals surface area (Å²) in [5.74, 6) is -1.83. The third-order valence-corrected chi connectivity index (χ3v) is 3.15. The Bertz CT molecular complexity index is 499. The van der Waals surface area contributed by atoms with Gasteiger partial charge in [-0.3, -0.25) is 0 Å². The number of anilines is 1. The number of rotatable bonds is 3. The lowest BCUT2D eigenvalue weighted by Gasteiger charge is -2.13. The van der Waals surface area contributed by atoms with Crippen molar-refractivity contribution in [1.29, 1.82) is 0 Å².